The molecule has 11 nitrogen and oxygen atoms in total. The Labute approximate surface area is 260 Å². The fourth-order valence-electron chi connectivity index (χ4n) is 4.29. The summed E-state index contributed by atoms with van der Waals surface area (Å²) in [5, 5.41) is 15.1. The van der Waals surface area contributed by atoms with Gasteiger partial charge in [-0.25, -0.2) is 19.6 Å². The third-order valence-corrected chi connectivity index (χ3v) is 6.68. The zero-order valence-corrected chi connectivity index (χ0v) is 25.0. The van der Waals surface area contributed by atoms with Crippen LogP contribution in [0.5, 0.6) is 11.6 Å². The van der Waals surface area contributed by atoms with Gasteiger partial charge in [-0.2, -0.15) is 26.3 Å². The van der Waals surface area contributed by atoms with E-state index in [9.17, 15) is 31.1 Å². The second-order valence-electron chi connectivity index (χ2n) is 10.3. The molecule has 0 spiro atoms. The molecule has 0 saturated carbocycles. The molecule has 17 heteroatoms. The average molecular weight is 658 g/mol. The molecule has 0 atom stereocenters. The van der Waals surface area contributed by atoms with Crippen LogP contribution in [0.25, 0.3) is 0 Å². The number of benzene rings is 2. The van der Waals surface area contributed by atoms with Gasteiger partial charge in [0.05, 0.1) is 5.56 Å². The molecule has 250 valence electrons. The Morgan fingerprint density at radius 3 is 2.04 bits per heavy atom. The number of halogens is 6. The number of urea groups is 1. The molecule has 2 heterocycles. The number of carbonyl (C=O) groups excluding carboxylic acids is 1. The van der Waals surface area contributed by atoms with E-state index in [4.69, 9.17) is 14.6 Å². The highest BCUT2D eigenvalue weighted by molar-refractivity contribution is 5.99. The standard InChI is InChI=1S/C27H32F3N7O2.C2HF3O2/c1-18(2)37-12-10-36(11-13-37)16-19-4-5-21(14-23(19)27(28,29)30)35-26(38)34-20-6-8-22(9-7-20)39-25-15-24(31-3)32-17-33-25;3-2(4,5)1(6)7/h4-9,14-15,17-18H,10-13,16H2,1-3H3,(H,31,32,33)(H2,34,35,38);(H,6,7). The van der Waals surface area contributed by atoms with Crippen molar-refractivity contribution in [2.24, 2.45) is 0 Å². The number of anilines is 3. The molecule has 1 aliphatic rings. The van der Waals surface area contributed by atoms with Crippen LogP contribution in [-0.2, 0) is 17.5 Å². The first-order valence-electron chi connectivity index (χ1n) is 13.9. The first-order valence-corrected chi connectivity index (χ1v) is 13.9. The Hall–Kier alpha value is -4.64. The van der Waals surface area contributed by atoms with E-state index in [1.165, 1.54) is 18.5 Å². The SMILES string of the molecule is CNc1cc(Oc2ccc(NC(=O)Nc3ccc(CN4CCN(C(C)C)CC4)c(C(F)(F)F)c3)cc2)ncn1.O=C(O)C(F)(F)F. The van der Waals surface area contributed by atoms with Crippen molar-refractivity contribution in [3.63, 3.8) is 0 Å². The molecule has 0 aliphatic carbocycles. The van der Waals surface area contributed by atoms with Crippen molar-refractivity contribution in [3.05, 3.63) is 66.0 Å². The second-order valence-corrected chi connectivity index (χ2v) is 10.3. The number of aliphatic carboxylic acids is 1. The minimum absolute atomic E-state index is 0.0530. The molecule has 4 rings (SSSR count). The molecular weight excluding hydrogens is 624 g/mol. The van der Waals surface area contributed by atoms with Crippen LogP contribution >= 0.6 is 0 Å². The van der Waals surface area contributed by atoms with Crippen molar-refractivity contribution >= 4 is 29.2 Å². The van der Waals surface area contributed by atoms with E-state index in [0.717, 1.165) is 19.2 Å². The summed E-state index contributed by atoms with van der Waals surface area (Å²) >= 11 is 0. The fraction of sp³-hybridized carbons (Fsp3) is 0.379. The third-order valence-electron chi connectivity index (χ3n) is 6.68. The highest BCUT2D eigenvalue weighted by Crippen LogP contribution is 2.35. The van der Waals surface area contributed by atoms with Crippen molar-refractivity contribution in [2.75, 3.05) is 49.2 Å². The molecule has 3 aromatic rings. The van der Waals surface area contributed by atoms with Crippen LogP contribution in [0.2, 0.25) is 0 Å². The third kappa shape index (κ3) is 11.1. The fourth-order valence-corrected chi connectivity index (χ4v) is 4.29. The van der Waals surface area contributed by atoms with Crippen LogP contribution in [0, 0.1) is 0 Å². The highest BCUT2D eigenvalue weighted by atomic mass is 19.4. The molecule has 0 radical (unpaired) electrons. The lowest BCUT2D eigenvalue weighted by Gasteiger charge is -2.37. The van der Waals surface area contributed by atoms with Crippen molar-refractivity contribution in [1.82, 2.24) is 19.8 Å². The second kappa shape index (κ2) is 15.6. The molecule has 2 aromatic carbocycles. The maximum atomic E-state index is 13.9. The van der Waals surface area contributed by atoms with E-state index in [1.54, 1.807) is 37.4 Å². The molecule has 1 saturated heterocycles. The molecule has 1 aliphatic heterocycles. The summed E-state index contributed by atoms with van der Waals surface area (Å²) in [6.07, 6.45) is -8.26. The molecule has 4 N–H and O–H groups in total. The van der Waals surface area contributed by atoms with Crippen LogP contribution in [0.15, 0.2) is 54.9 Å². The van der Waals surface area contributed by atoms with Crippen molar-refractivity contribution in [1.29, 1.82) is 0 Å². The van der Waals surface area contributed by atoms with Crippen LogP contribution in [0.4, 0.5) is 48.3 Å². The van der Waals surface area contributed by atoms with E-state index in [1.807, 2.05) is 4.90 Å². The number of carboxylic acid groups (broad SMARTS) is 1. The maximum absolute atomic E-state index is 13.9. The predicted molar refractivity (Wildman–Crippen MR) is 158 cm³/mol. The first kappa shape index (κ1) is 35.8. The van der Waals surface area contributed by atoms with Crippen LogP contribution in [-0.4, -0.2) is 82.3 Å². The zero-order valence-electron chi connectivity index (χ0n) is 25.0. The van der Waals surface area contributed by atoms with Gasteiger partial charge in [-0.05, 0) is 55.8 Å². The molecule has 0 bridgehead atoms. The van der Waals surface area contributed by atoms with Crippen molar-refractivity contribution < 1.29 is 45.8 Å². The minimum atomic E-state index is -5.08. The van der Waals surface area contributed by atoms with E-state index in [-0.39, 0.29) is 17.8 Å². The van der Waals surface area contributed by atoms with E-state index in [2.05, 4.69) is 44.7 Å². The number of nitrogens with one attached hydrogen (secondary N) is 3. The van der Waals surface area contributed by atoms with Gasteiger partial charge in [0.2, 0.25) is 5.88 Å². The summed E-state index contributed by atoms with van der Waals surface area (Å²) in [6.45, 7) is 7.49. The summed E-state index contributed by atoms with van der Waals surface area (Å²) in [7, 11) is 1.73. The number of alkyl halides is 6. The molecular formula is C29H33F6N7O4. The number of piperazine rings is 1. The number of rotatable bonds is 8. The Kier molecular flexibility index (Phi) is 12.1. The van der Waals surface area contributed by atoms with Gasteiger partial charge >= 0.3 is 24.4 Å². The summed E-state index contributed by atoms with van der Waals surface area (Å²) in [6, 6.07) is 11.8. The van der Waals surface area contributed by atoms with Gasteiger partial charge in [-0.15, -0.1) is 0 Å². The number of hydrogen-bond donors (Lipinski definition) is 4. The number of ether oxygens (including phenoxy) is 1. The van der Waals surface area contributed by atoms with Crippen molar-refractivity contribution in [2.45, 2.75) is 38.8 Å². The number of carboxylic acids is 1. The van der Waals surface area contributed by atoms with Gasteiger partial charge in [0, 0.05) is 63.3 Å². The summed E-state index contributed by atoms with van der Waals surface area (Å²) in [5.74, 6) is -1.33. The number of hydrogen-bond acceptors (Lipinski definition) is 8. The predicted octanol–water partition coefficient (Wildman–Crippen LogP) is 6.13. The van der Waals surface area contributed by atoms with E-state index >= 15 is 0 Å². The van der Waals surface area contributed by atoms with Gasteiger partial charge in [-0.3, -0.25) is 9.80 Å². The van der Waals surface area contributed by atoms with Gasteiger partial charge < -0.3 is 25.8 Å². The lowest BCUT2D eigenvalue weighted by Crippen LogP contribution is -2.48. The quantitative estimate of drug-likeness (QED) is 0.211. The summed E-state index contributed by atoms with van der Waals surface area (Å²) in [5.41, 5.74) is -0.0734. The summed E-state index contributed by atoms with van der Waals surface area (Å²) in [4.78, 5) is 33.8. The van der Waals surface area contributed by atoms with Crippen molar-refractivity contribution in [3.8, 4) is 11.6 Å². The van der Waals surface area contributed by atoms with Crippen LogP contribution < -0.4 is 20.7 Å². The number of nitrogens with zero attached hydrogens (tertiary/aromatic N) is 4. The molecule has 2 amide bonds. The van der Waals surface area contributed by atoms with Gasteiger partial charge in [-0.1, -0.05) is 6.07 Å². The van der Waals surface area contributed by atoms with Gasteiger partial charge in [0.1, 0.15) is 17.9 Å². The van der Waals surface area contributed by atoms with Gasteiger partial charge in [0.15, 0.2) is 0 Å². The van der Waals surface area contributed by atoms with E-state index < -0.39 is 29.9 Å². The number of amides is 2. The highest BCUT2D eigenvalue weighted by Gasteiger charge is 2.38. The normalized spacial score (nSPS) is 14.2. The number of carbonyl (C=O) groups is 2. The van der Waals surface area contributed by atoms with E-state index in [0.29, 0.717) is 42.3 Å². The van der Waals surface area contributed by atoms with Crippen LogP contribution in [0.3, 0.4) is 0 Å². The summed E-state index contributed by atoms with van der Waals surface area (Å²) < 4.78 is 79.1. The topological polar surface area (TPSA) is 132 Å². The molecule has 1 aromatic heterocycles. The average Bonchev–Trinajstić information content (AvgIpc) is 2.98. The zero-order chi connectivity index (χ0) is 34.1. The molecule has 46 heavy (non-hydrogen) atoms. The Bertz CT molecular complexity index is 1460. The smallest absolute Gasteiger partial charge is 0.475 e. The minimum Gasteiger partial charge on any atom is -0.475 e. The Morgan fingerprint density at radius 1 is 0.913 bits per heavy atom. The molecule has 1 fully saturated rings. The largest absolute Gasteiger partial charge is 0.490 e. The lowest BCUT2D eigenvalue weighted by molar-refractivity contribution is -0.192. The first-order chi connectivity index (χ1) is 21.5. The van der Waals surface area contributed by atoms with Gasteiger partial charge in [0.25, 0.3) is 0 Å². The lowest BCUT2D eigenvalue weighted by atomic mass is 10.0. The number of aromatic nitrogens is 2. The monoisotopic (exact) mass is 657 g/mol. The van der Waals surface area contributed by atoms with Crippen LogP contribution in [0.1, 0.15) is 25.0 Å². The molecule has 0 unspecified atom stereocenters. The Balaban J connectivity index is 0.000000738. The Morgan fingerprint density at radius 2 is 1.50 bits per heavy atom. The maximum Gasteiger partial charge on any atom is 0.490 e.